The van der Waals surface area contributed by atoms with Crippen LogP contribution in [0.3, 0.4) is 0 Å². The molecule has 0 heterocycles. The summed E-state index contributed by atoms with van der Waals surface area (Å²) in [5, 5.41) is 36.7. The first-order valence-electron chi connectivity index (χ1n) is 6.58. The molecule has 24 heavy (non-hydrogen) atoms. The predicted octanol–water partition coefficient (Wildman–Crippen LogP) is 2.60. The van der Waals surface area contributed by atoms with E-state index in [0.717, 1.165) is 0 Å². The fourth-order valence-corrected chi connectivity index (χ4v) is 1.80. The van der Waals surface area contributed by atoms with Gasteiger partial charge in [-0.25, -0.2) is 9.59 Å². The Balaban J connectivity index is 2.10. The molecule has 0 atom stereocenters. The van der Waals surface area contributed by atoms with Gasteiger partial charge < -0.3 is 20.4 Å². The number of rotatable bonds is 5. The molecular weight excluding hydrogens is 316 g/mol. The number of carboxylic acid groups (broad SMARTS) is 2. The average Bonchev–Trinajstić information content (AvgIpc) is 2.51. The van der Waals surface area contributed by atoms with Crippen molar-refractivity contribution >= 4 is 35.7 Å². The van der Waals surface area contributed by atoms with Crippen LogP contribution in [0, 0.1) is 0 Å². The average molecular weight is 328 g/mol. The van der Waals surface area contributed by atoms with Gasteiger partial charge in [0.1, 0.15) is 22.6 Å². The number of hydrogen-bond donors (Lipinski definition) is 4. The molecule has 122 valence electrons. The fourth-order valence-electron chi connectivity index (χ4n) is 1.80. The number of aromatic carboxylic acids is 2. The number of benzene rings is 2. The maximum absolute atomic E-state index is 10.8. The van der Waals surface area contributed by atoms with Crippen molar-refractivity contribution in [3.05, 3.63) is 47.5 Å². The summed E-state index contributed by atoms with van der Waals surface area (Å²) in [5.41, 5.74) is 0.203. The highest BCUT2D eigenvalue weighted by Gasteiger charge is 2.09. The first kappa shape index (κ1) is 16.7. The Bertz CT molecular complexity index is 786. The maximum atomic E-state index is 10.8. The van der Waals surface area contributed by atoms with Crippen LogP contribution in [0.4, 0.5) is 11.4 Å². The minimum Gasteiger partial charge on any atom is -0.507 e. The van der Waals surface area contributed by atoms with Gasteiger partial charge in [0.25, 0.3) is 0 Å². The fraction of sp³-hybridized carbons (Fsp3) is 0. The Labute approximate surface area is 135 Å². The van der Waals surface area contributed by atoms with Crippen molar-refractivity contribution in [3.63, 3.8) is 0 Å². The van der Waals surface area contributed by atoms with Crippen LogP contribution in [-0.4, -0.2) is 44.8 Å². The number of nitrogens with zero attached hydrogens (tertiary/aromatic N) is 2. The third-order valence-corrected chi connectivity index (χ3v) is 2.94. The zero-order valence-electron chi connectivity index (χ0n) is 12.1. The largest absolute Gasteiger partial charge is 0.507 e. The van der Waals surface area contributed by atoms with Crippen molar-refractivity contribution in [3.8, 4) is 11.5 Å². The molecule has 8 heteroatoms. The molecule has 0 aliphatic carbocycles. The molecular formula is C16H12N2O6. The third kappa shape index (κ3) is 3.95. The number of hydrogen-bond acceptors (Lipinski definition) is 6. The predicted molar refractivity (Wildman–Crippen MR) is 86.4 cm³/mol. The first-order valence-corrected chi connectivity index (χ1v) is 6.58. The maximum Gasteiger partial charge on any atom is 0.339 e. The molecule has 0 amide bonds. The van der Waals surface area contributed by atoms with E-state index in [2.05, 4.69) is 9.98 Å². The van der Waals surface area contributed by atoms with Crippen molar-refractivity contribution in [2.75, 3.05) is 0 Å². The van der Waals surface area contributed by atoms with Crippen molar-refractivity contribution in [1.82, 2.24) is 0 Å². The van der Waals surface area contributed by atoms with Gasteiger partial charge in [-0.05, 0) is 24.3 Å². The minimum absolute atomic E-state index is 0.225. The number of carboxylic acids is 2. The minimum atomic E-state index is -1.24. The van der Waals surface area contributed by atoms with Gasteiger partial charge >= 0.3 is 11.9 Å². The summed E-state index contributed by atoms with van der Waals surface area (Å²) in [6, 6.07) is 7.68. The van der Waals surface area contributed by atoms with Gasteiger partial charge in [-0.1, -0.05) is 0 Å². The molecule has 0 radical (unpaired) electrons. The molecule has 0 bridgehead atoms. The summed E-state index contributed by atoms with van der Waals surface area (Å²) in [4.78, 5) is 29.5. The monoisotopic (exact) mass is 328 g/mol. The summed E-state index contributed by atoms with van der Waals surface area (Å²) in [6.07, 6.45) is 2.61. The number of aliphatic imine (C=N–C) groups is 2. The van der Waals surface area contributed by atoms with Gasteiger partial charge in [-0.3, -0.25) is 9.98 Å². The van der Waals surface area contributed by atoms with Crippen LogP contribution in [0.25, 0.3) is 0 Å². The molecule has 0 aliphatic rings. The lowest BCUT2D eigenvalue weighted by Crippen LogP contribution is -1.95. The Morgan fingerprint density at radius 1 is 0.750 bits per heavy atom. The van der Waals surface area contributed by atoms with Crippen LogP contribution in [0.2, 0.25) is 0 Å². The summed E-state index contributed by atoms with van der Waals surface area (Å²) in [7, 11) is 0. The van der Waals surface area contributed by atoms with Gasteiger partial charge in [0.15, 0.2) is 0 Å². The quantitative estimate of drug-likeness (QED) is 0.622. The highest BCUT2D eigenvalue weighted by atomic mass is 16.4. The van der Waals surface area contributed by atoms with Crippen LogP contribution in [0.1, 0.15) is 20.7 Å². The first-order chi connectivity index (χ1) is 11.4. The van der Waals surface area contributed by atoms with Crippen molar-refractivity contribution in [1.29, 1.82) is 0 Å². The van der Waals surface area contributed by atoms with E-state index in [1.807, 2.05) is 0 Å². The van der Waals surface area contributed by atoms with E-state index >= 15 is 0 Å². The molecule has 0 aromatic heterocycles. The molecule has 2 aromatic rings. The highest BCUT2D eigenvalue weighted by Crippen LogP contribution is 2.24. The topological polar surface area (TPSA) is 140 Å². The van der Waals surface area contributed by atoms with Crippen molar-refractivity contribution < 1.29 is 30.0 Å². The standard InChI is InChI=1S/C16H12N2O6/c19-13-7-9(1-3-11(13)15(21)22)17-5-6-18-10-2-4-12(16(23)24)14(20)8-10/h1-8,19-20H,(H,21,22)(H,23,24). The van der Waals surface area contributed by atoms with Gasteiger partial charge in [0, 0.05) is 24.6 Å². The van der Waals surface area contributed by atoms with Gasteiger partial charge in [0.2, 0.25) is 0 Å². The van der Waals surface area contributed by atoms with E-state index < -0.39 is 23.4 Å². The van der Waals surface area contributed by atoms with E-state index in [-0.39, 0.29) is 11.1 Å². The smallest absolute Gasteiger partial charge is 0.339 e. The summed E-state index contributed by atoms with van der Waals surface area (Å²) in [5.74, 6) is -3.28. The molecule has 8 nitrogen and oxygen atoms in total. The van der Waals surface area contributed by atoms with E-state index in [1.165, 1.54) is 48.8 Å². The molecule has 0 fully saturated rings. The van der Waals surface area contributed by atoms with Crippen LogP contribution in [0.5, 0.6) is 11.5 Å². The second-order valence-electron chi connectivity index (χ2n) is 4.57. The van der Waals surface area contributed by atoms with Gasteiger partial charge in [0.05, 0.1) is 11.4 Å². The van der Waals surface area contributed by atoms with E-state index in [1.54, 1.807) is 0 Å². The zero-order valence-corrected chi connectivity index (χ0v) is 12.1. The summed E-state index contributed by atoms with van der Waals surface area (Å²) in [6.45, 7) is 0. The second kappa shape index (κ2) is 7.05. The summed E-state index contributed by atoms with van der Waals surface area (Å²) >= 11 is 0. The Morgan fingerprint density at radius 3 is 1.42 bits per heavy atom. The molecule has 0 spiro atoms. The molecule has 2 aromatic carbocycles. The molecule has 2 rings (SSSR count). The molecule has 0 aliphatic heterocycles. The van der Waals surface area contributed by atoms with Gasteiger partial charge in [-0.15, -0.1) is 0 Å². The molecule has 4 N–H and O–H groups in total. The Kier molecular flexibility index (Phi) is 4.90. The van der Waals surface area contributed by atoms with Crippen LogP contribution >= 0.6 is 0 Å². The number of aromatic hydroxyl groups is 2. The second-order valence-corrected chi connectivity index (χ2v) is 4.57. The normalized spacial score (nSPS) is 11.2. The lowest BCUT2D eigenvalue weighted by atomic mass is 10.2. The molecule has 0 unspecified atom stereocenters. The third-order valence-electron chi connectivity index (χ3n) is 2.94. The number of phenols is 2. The lowest BCUT2D eigenvalue weighted by Gasteiger charge is -2.00. The SMILES string of the molecule is O=C(O)c1ccc(N=CC=Nc2ccc(C(=O)O)c(O)c2)cc1O. The lowest BCUT2D eigenvalue weighted by molar-refractivity contribution is 0.0682. The molecule has 0 saturated carbocycles. The molecule has 0 saturated heterocycles. The highest BCUT2D eigenvalue weighted by molar-refractivity contribution is 6.17. The Morgan fingerprint density at radius 2 is 1.12 bits per heavy atom. The van der Waals surface area contributed by atoms with Crippen LogP contribution in [-0.2, 0) is 0 Å². The summed E-state index contributed by atoms with van der Waals surface area (Å²) < 4.78 is 0. The van der Waals surface area contributed by atoms with Gasteiger partial charge in [-0.2, -0.15) is 0 Å². The van der Waals surface area contributed by atoms with E-state index in [4.69, 9.17) is 10.2 Å². The van der Waals surface area contributed by atoms with E-state index in [9.17, 15) is 19.8 Å². The van der Waals surface area contributed by atoms with Crippen LogP contribution < -0.4 is 0 Å². The van der Waals surface area contributed by atoms with Crippen molar-refractivity contribution in [2.24, 2.45) is 9.98 Å². The van der Waals surface area contributed by atoms with Crippen LogP contribution in [0.15, 0.2) is 46.4 Å². The van der Waals surface area contributed by atoms with E-state index in [0.29, 0.717) is 11.4 Å². The number of carbonyl (C=O) groups is 2. The Hall–Kier alpha value is -3.68. The van der Waals surface area contributed by atoms with Crippen molar-refractivity contribution in [2.45, 2.75) is 0 Å². The zero-order chi connectivity index (χ0) is 17.7.